The maximum atomic E-state index is 12.2. The summed E-state index contributed by atoms with van der Waals surface area (Å²) in [5.41, 5.74) is 0.702. The molecule has 0 spiro atoms. The molecule has 1 aromatic heterocycles. The molecule has 0 unspecified atom stereocenters. The number of anilines is 1. The third-order valence-corrected chi connectivity index (χ3v) is 4.01. The molecule has 8 nitrogen and oxygen atoms in total. The van der Waals surface area contributed by atoms with Crippen LogP contribution in [0.25, 0.3) is 0 Å². The number of nitrogens with zero attached hydrogens (tertiary/aromatic N) is 3. The molecular weight excluding hydrogens is 282 g/mol. The van der Waals surface area contributed by atoms with Gasteiger partial charge in [0.2, 0.25) is 0 Å². The Kier molecular flexibility index (Phi) is 2.90. The van der Waals surface area contributed by atoms with Crippen LogP contribution in [0.15, 0.2) is 40.7 Å². The lowest BCUT2D eigenvalue weighted by Gasteiger charge is -2.28. The number of H-pyrrole nitrogens is 1. The van der Waals surface area contributed by atoms with E-state index in [1.165, 1.54) is 18.5 Å². The van der Waals surface area contributed by atoms with E-state index in [9.17, 15) is 13.2 Å². The highest BCUT2D eigenvalue weighted by molar-refractivity contribution is 7.90. The second-order valence-electron chi connectivity index (χ2n) is 4.26. The molecule has 0 saturated carbocycles. The minimum Gasteiger partial charge on any atom is -0.331 e. The number of hydrogen-bond donors (Lipinski definition) is 2. The number of carbonyl (C=O) groups is 1. The fraction of sp³-hybridized carbons (Fsp3) is 0.182. The number of allylic oxidation sites excluding steroid dienone is 2. The molecule has 3 rings (SSSR count). The fourth-order valence-corrected chi connectivity index (χ4v) is 2.90. The molecule has 1 amide bonds. The molecule has 0 saturated heterocycles. The lowest BCUT2D eigenvalue weighted by Crippen LogP contribution is -2.40. The normalized spacial score (nSPS) is 19.9. The average Bonchev–Trinajstić information content (AvgIpc) is 2.89. The van der Waals surface area contributed by atoms with Crippen LogP contribution in [-0.4, -0.2) is 47.6 Å². The van der Waals surface area contributed by atoms with Gasteiger partial charge in [0.25, 0.3) is 15.9 Å². The largest absolute Gasteiger partial charge is 0.331 e. The summed E-state index contributed by atoms with van der Waals surface area (Å²) in [6, 6.07) is 0. The second kappa shape index (κ2) is 4.60. The number of hydrogen-bond acceptors (Lipinski definition) is 5. The SMILES string of the molecule is O=C(Nc1cn[nH]c1)C1=CC=CN2CCS(=O)(=O)N=C12. The minimum absolute atomic E-state index is 0.0581. The zero-order valence-corrected chi connectivity index (χ0v) is 11.1. The quantitative estimate of drug-likeness (QED) is 0.788. The molecule has 9 heteroatoms. The molecule has 0 atom stereocenters. The predicted octanol–water partition coefficient (Wildman–Crippen LogP) is -0.154. The molecule has 2 aliphatic heterocycles. The molecule has 2 N–H and O–H groups in total. The summed E-state index contributed by atoms with van der Waals surface area (Å²) in [5, 5.41) is 8.90. The molecule has 2 aliphatic rings. The van der Waals surface area contributed by atoms with Crippen molar-refractivity contribution in [2.45, 2.75) is 0 Å². The van der Waals surface area contributed by atoms with Gasteiger partial charge in [-0.3, -0.25) is 9.89 Å². The number of carbonyl (C=O) groups excluding carboxylic acids is 1. The minimum atomic E-state index is -3.51. The average molecular weight is 293 g/mol. The van der Waals surface area contributed by atoms with Crippen molar-refractivity contribution in [1.82, 2.24) is 15.1 Å². The Labute approximate surface area is 114 Å². The van der Waals surface area contributed by atoms with E-state index < -0.39 is 15.9 Å². The molecule has 104 valence electrons. The number of amides is 1. The molecular formula is C11H11N5O3S. The van der Waals surface area contributed by atoms with Crippen LogP contribution in [0.4, 0.5) is 5.69 Å². The van der Waals surface area contributed by atoms with Gasteiger partial charge in [-0.05, 0) is 12.2 Å². The first-order valence-electron chi connectivity index (χ1n) is 5.83. The Morgan fingerprint density at radius 3 is 3.05 bits per heavy atom. The summed E-state index contributed by atoms with van der Waals surface area (Å²) in [4.78, 5) is 13.8. The van der Waals surface area contributed by atoms with Gasteiger partial charge in [0.05, 0.1) is 23.2 Å². The van der Waals surface area contributed by atoms with E-state index in [-0.39, 0.29) is 23.7 Å². The molecule has 0 aromatic carbocycles. The second-order valence-corrected chi connectivity index (χ2v) is 6.01. The first kappa shape index (κ1) is 12.6. The molecule has 0 fully saturated rings. The number of aromatic nitrogens is 2. The number of sulfonamides is 1. The van der Waals surface area contributed by atoms with Gasteiger partial charge in [-0.2, -0.15) is 5.10 Å². The number of aromatic amines is 1. The van der Waals surface area contributed by atoms with Crippen molar-refractivity contribution in [1.29, 1.82) is 0 Å². The Morgan fingerprint density at radius 2 is 2.30 bits per heavy atom. The first-order chi connectivity index (χ1) is 9.55. The third-order valence-electron chi connectivity index (χ3n) is 2.86. The Hall–Kier alpha value is -2.42. The van der Waals surface area contributed by atoms with E-state index in [1.807, 2.05) is 0 Å². The third kappa shape index (κ3) is 2.35. The van der Waals surface area contributed by atoms with Crippen LogP contribution in [-0.2, 0) is 14.8 Å². The fourth-order valence-electron chi connectivity index (χ4n) is 1.91. The summed E-state index contributed by atoms with van der Waals surface area (Å²) in [6.07, 6.45) is 7.89. The van der Waals surface area contributed by atoms with E-state index in [0.29, 0.717) is 5.69 Å². The lowest BCUT2D eigenvalue weighted by molar-refractivity contribution is -0.112. The van der Waals surface area contributed by atoms with Crippen molar-refractivity contribution in [2.75, 3.05) is 17.6 Å². The molecule has 0 aliphatic carbocycles. The highest BCUT2D eigenvalue weighted by Crippen LogP contribution is 2.18. The molecule has 0 radical (unpaired) electrons. The maximum Gasteiger partial charge on any atom is 0.259 e. The molecule has 3 heterocycles. The molecule has 20 heavy (non-hydrogen) atoms. The van der Waals surface area contributed by atoms with E-state index in [0.717, 1.165) is 0 Å². The Morgan fingerprint density at radius 1 is 1.45 bits per heavy atom. The summed E-state index contributed by atoms with van der Waals surface area (Å²) in [6.45, 7) is 0.286. The number of fused-ring (bicyclic) bond motifs is 1. The highest BCUT2D eigenvalue weighted by Gasteiger charge is 2.29. The lowest BCUT2D eigenvalue weighted by atomic mass is 10.1. The topological polar surface area (TPSA) is 108 Å². The van der Waals surface area contributed by atoms with Crippen molar-refractivity contribution in [3.63, 3.8) is 0 Å². The van der Waals surface area contributed by atoms with Gasteiger partial charge in [0, 0.05) is 18.9 Å². The van der Waals surface area contributed by atoms with Crippen molar-refractivity contribution < 1.29 is 13.2 Å². The van der Waals surface area contributed by atoms with Crippen LogP contribution in [0.1, 0.15) is 0 Å². The van der Waals surface area contributed by atoms with Gasteiger partial charge in [-0.15, -0.1) is 4.40 Å². The van der Waals surface area contributed by atoms with Crippen molar-refractivity contribution in [3.8, 4) is 0 Å². The summed E-state index contributed by atoms with van der Waals surface area (Å²) >= 11 is 0. The van der Waals surface area contributed by atoms with Crippen LogP contribution in [0.5, 0.6) is 0 Å². The number of nitrogens with one attached hydrogen (secondary N) is 2. The van der Waals surface area contributed by atoms with Gasteiger partial charge < -0.3 is 10.2 Å². The van der Waals surface area contributed by atoms with Gasteiger partial charge in [0.15, 0.2) is 5.84 Å². The zero-order chi connectivity index (χ0) is 14.2. The number of rotatable bonds is 2. The maximum absolute atomic E-state index is 12.2. The number of amidine groups is 1. The van der Waals surface area contributed by atoms with Gasteiger partial charge in [-0.25, -0.2) is 8.42 Å². The summed E-state index contributed by atoms with van der Waals surface area (Å²) in [5.74, 6) is -0.339. The van der Waals surface area contributed by atoms with Gasteiger partial charge in [0.1, 0.15) is 0 Å². The van der Waals surface area contributed by atoms with Crippen LogP contribution < -0.4 is 5.32 Å². The van der Waals surface area contributed by atoms with Crippen molar-refractivity contribution >= 4 is 27.5 Å². The Balaban J connectivity index is 1.92. The van der Waals surface area contributed by atoms with E-state index in [4.69, 9.17) is 0 Å². The van der Waals surface area contributed by atoms with Gasteiger partial charge in [-0.1, -0.05) is 0 Å². The summed E-state index contributed by atoms with van der Waals surface area (Å²) < 4.78 is 26.8. The van der Waals surface area contributed by atoms with E-state index in [1.54, 1.807) is 17.2 Å². The molecule has 1 aromatic rings. The monoisotopic (exact) mass is 293 g/mol. The highest BCUT2D eigenvalue weighted by atomic mass is 32.2. The smallest absolute Gasteiger partial charge is 0.259 e. The van der Waals surface area contributed by atoms with E-state index >= 15 is 0 Å². The Bertz CT molecular complexity index is 730. The van der Waals surface area contributed by atoms with Crippen LogP contribution in [0.3, 0.4) is 0 Å². The van der Waals surface area contributed by atoms with E-state index in [2.05, 4.69) is 19.9 Å². The van der Waals surface area contributed by atoms with Crippen molar-refractivity contribution in [2.24, 2.45) is 4.40 Å². The van der Waals surface area contributed by atoms with Gasteiger partial charge >= 0.3 is 0 Å². The van der Waals surface area contributed by atoms with Crippen LogP contribution >= 0.6 is 0 Å². The van der Waals surface area contributed by atoms with Crippen molar-refractivity contribution in [3.05, 3.63) is 36.3 Å². The van der Waals surface area contributed by atoms with Crippen LogP contribution in [0.2, 0.25) is 0 Å². The molecule has 0 bridgehead atoms. The van der Waals surface area contributed by atoms with Crippen LogP contribution in [0, 0.1) is 0 Å². The summed E-state index contributed by atoms with van der Waals surface area (Å²) in [7, 11) is -3.51. The predicted molar refractivity (Wildman–Crippen MR) is 72.4 cm³/mol. The standard InChI is InChI=1S/C11H11N5O3S/c17-11(14-8-6-12-13-7-8)9-2-1-3-16-4-5-20(18,19)15-10(9)16/h1-3,6-7H,4-5H2,(H,12,13)(H,14,17). The first-order valence-corrected chi connectivity index (χ1v) is 7.44. The zero-order valence-electron chi connectivity index (χ0n) is 10.3.